The number of carbonyl (C=O) groups is 1. The molecular formula is C5H8N3O4+. The summed E-state index contributed by atoms with van der Waals surface area (Å²) in [5.41, 5.74) is 4.91. The number of primary amides is 1. The zero-order valence-electron chi connectivity index (χ0n) is 6.35. The summed E-state index contributed by atoms with van der Waals surface area (Å²) in [6, 6.07) is 0. The van der Waals surface area contributed by atoms with Crippen molar-refractivity contribution in [3.05, 3.63) is 11.4 Å². The molecule has 0 aromatic carbocycles. The highest BCUT2D eigenvalue weighted by Crippen LogP contribution is 1.97. The van der Waals surface area contributed by atoms with Crippen LogP contribution in [0.25, 0.3) is 0 Å². The van der Waals surface area contributed by atoms with E-state index in [9.17, 15) is 4.79 Å². The Bertz CT molecular complexity index is 273. The van der Waals surface area contributed by atoms with Crippen LogP contribution in [0.15, 0.2) is 4.63 Å². The molecule has 0 unspecified atom stereocenters. The topological polar surface area (TPSA) is 102 Å². The Kier molecular flexibility index (Phi) is 2.24. The number of rotatable bonds is 3. The van der Waals surface area contributed by atoms with Gasteiger partial charge in [0.15, 0.2) is 5.16 Å². The van der Waals surface area contributed by atoms with Crippen molar-refractivity contribution in [3.8, 4) is 0 Å². The standard InChI is InChI=1S/C5H7N3O4/c1-11-8-4(5(6)10)3(2-9)7-12-8/h9H,2H2,1H3,(H-,6,10)/p+1. The largest absolute Gasteiger partial charge is 0.387 e. The van der Waals surface area contributed by atoms with E-state index < -0.39 is 12.5 Å². The zero-order chi connectivity index (χ0) is 9.14. The van der Waals surface area contributed by atoms with Crippen LogP contribution in [0.2, 0.25) is 0 Å². The van der Waals surface area contributed by atoms with Crippen LogP contribution in [-0.2, 0) is 6.61 Å². The Hall–Kier alpha value is -1.63. The van der Waals surface area contributed by atoms with Crippen molar-refractivity contribution in [2.75, 3.05) is 7.11 Å². The molecular weight excluding hydrogens is 166 g/mol. The summed E-state index contributed by atoms with van der Waals surface area (Å²) in [5, 5.41) is 12.0. The van der Waals surface area contributed by atoms with Crippen molar-refractivity contribution >= 4 is 5.91 Å². The van der Waals surface area contributed by atoms with E-state index in [-0.39, 0.29) is 11.4 Å². The Morgan fingerprint density at radius 2 is 2.58 bits per heavy atom. The van der Waals surface area contributed by atoms with Crippen molar-refractivity contribution < 1.29 is 24.3 Å². The molecule has 0 saturated carbocycles. The predicted octanol–water partition coefficient (Wildman–Crippen LogP) is -2.39. The van der Waals surface area contributed by atoms with Gasteiger partial charge in [-0.1, -0.05) is 0 Å². The fourth-order valence-electron chi connectivity index (χ4n) is 0.736. The highest BCUT2D eigenvalue weighted by atomic mass is 16.8. The summed E-state index contributed by atoms with van der Waals surface area (Å²) in [6.45, 7) is -0.432. The quantitative estimate of drug-likeness (QED) is 0.532. The van der Waals surface area contributed by atoms with Crippen LogP contribution >= 0.6 is 0 Å². The van der Waals surface area contributed by atoms with Crippen molar-refractivity contribution in [1.29, 1.82) is 0 Å². The van der Waals surface area contributed by atoms with Crippen LogP contribution < -0.4 is 15.5 Å². The molecule has 1 aromatic heterocycles. The number of nitrogens with two attached hydrogens (primary N) is 1. The second-order valence-electron chi connectivity index (χ2n) is 1.93. The van der Waals surface area contributed by atoms with Crippen LogP contribution in [0.4, 0.5) is 0 Å². The number of aliphatic hydroxyl groups excluding tert-OH is 1. The summed E-state index contributed by atoms with van der Waals surface area (Å²) in [7, 11) is 1.28. The lowest BCUT2D eigenvalue weighted by molar-refractivity contribution is -1.02. The number of aliphatic hydroxyl groups is 1. The first-order chi connectivity index (χ1) is 5.70. The van der Waals surface area contributed by atoms with Gasteiger partial charge in [-0.2, -0.15) is 0 Å². The SMILES string of the molecule is CO[n+]1onc(CO)c1C(N)=O. The number of nitrogens with zero attached hydrogens (tertiary/aromatic N) is 2. The monoisotopic (exact) mass is 174 g/mol. The van der Waals surface area contributed by atoms with Gasteiger partial charge in [0.05, 0.1) is 0 Å². The molecule has 0 fully saturated rings. The molecule has 0 spiro atoms. The number of hydrogen-bond acceptors (Lipinski definition) is 5. The molecule has 3 N–H and O–H groups in total. The first-order valence-electron chi connectivity index (χ1n) is 3.07. The first-order valence-corrected chi connectivity index (χ1v) is 3.07. The van der Waals surface area contributed by atoms with Crippen molar-refractivity contribution in [2.45, 2.75) is 6.61 Å². The molecule has 1 amide bonds. The Balaban J connectivity index is 3.16. The number of hydrogen-bond donors (Lipinski definition) is 2. The lowest BCUT2D eigenvalue weighted by atomic mass is 10.3. The number of carbonyl (C=O) groups excluding carboxylic acids is 1. The highest BCUT2D eigenvalue weighted by Gasteiger charge is 2.29. The third-order valence-corrected chi connectivity index (χ3v) is 1.23. The third-order valence-electron chi connectivity index (χ3n) is 1.23. The second kappa shape index (κ2) is 3.18. The third kappa shape index (κ3) is 1.21. The normalized spacial score (nSPS) is 9.83. The van der Waals surface area contributed by atoms with E-state index >= 15 is 0 Å². The molecule has 0 atom stereocenters. The van der Waals surface area contributed by atoms with Crippen molar-refractivity contribution in [1.82, 2.24) is 5.16 Å². The van der Waals surface area contributed by atoms with Crippen LogP contribution in [0.3, 0.4) is 0 Å². The van der Waals surface area contributed by atoms with Crippen molar-refractivity contribution in [2.24, 2.45) is 5.73 Å². The molecule has 0 radical (unpaired) electrons. The minimum absolute atomic E-state index is 0.0457. The highest BCUT2D eigenvalue weighted by molar-refractivity contribution is 5.90. The van der Waals surface area contributed by atoms with Gasteiger partial charge in [-0.25, -0.2) is 0 Å². The van der Waals surface area contributed by atoms with Gasteiger partial charge in [-0.3, -0.25) is 4.79 Å². The summed E-state index contributed by atoms with van der Waals surface area (Å²) in [4.78, 5) is 16.0. The fraction of sp³-hybridized carbons (Fsp3) is 0.400. The molecule has 1 rings (SSSR count). The van der Waals surface area contributed by atoms with E-state index in [0.29, 0.717) is 0 Å². The molecule has 0 aliphatic carbocycles. The minimum atomic E-state index is -0.776. The van der Waals surface area contributed by atoms with E-state index in [1.54, 1.807) is 0 Å². The van der Waals surface area contributed by atoms with Gasteiger partial charge in [0.1, 0.15) is 18.6 Å². The average molecular weight is 174 g/mol. The fourth-order valence-corrected chi connectivity index (χ4v) is 0.736. The van der Waals surface area contributed by atoms with Gasteiger partial charge < -0.3 is 15.7 Å². The van der Waals surface area contributed by atoms with E-state index in [0.717, 1.165) is 4.90 Å². The Morgan fingerprint density at radius 3 is 3.00 bits per heavy atom. The summed E-state index contributed by atoms with van der Waals surface area (Å²) in [6.07, 6.45) is 0. The van der Waals surface area contributed by atoms with Gasteiger partial charge in [-0.05, 0) is 4.63 Å². The first kappa shape index (κ1) is 8.47. The van der Waals surface area contributed by atoms with Gasteiger partial charge in [0.25, 0.3) is 5.69 Å². The molecule has 0 saturated heterocycles. The van der Waals surface area contributed by atoms with E-state index in [1.807, 2.05) is 0 Å². The molecule has 7 heteroatoms. The van der Waals surface area contributed by atoms with Crippen LogP contribution in [-0.4, -0.2) is 23.3 Å². The van der Waals surface area contributed by atoms with Crippen molar-refractivity contribution in [3.63, 3.8) is 0 Å². The molecule has 0 bridgehead atoms. The van der Waals surface area contributed by atoms with Gasteiger partial charge in [-0.15, -0.1) is 0 Å². The predicted molar refractivity (Wildman–Crippen MR) is 33.6 cm³/mol. The summed E-state index contributed by atoms with van der Waals surface area (Å²) >= 11 is 0. The van der Waals surface area contributed by atoms with E-state index in [4.69, 9.17) is 10.8 Å². The summed E-state index contributed by atoms with van der Waals surface area (Å²) < 4.78 is 4.48. The number of aromatic nitrogens is 2. The molecule has 0 aliphatic rings. The molecule has 66 valence electrons. The number of amides is 1. The summed E-state index contributed by atoms with van der Waals surface area (Å²) in [5.74, 6) is -0.776. The molecule has 0 aliphatic heterocycles. The molecule has 12 heavy (non-hydrogen) atoms. The van der Waals surface area contributed by atoms with E-state index in [1.165, 1.54) is 7.11 Å². The molecule has 7 nitrogen and oxygen atoms in total. The molecule has 1 aromatic rings. The minimum Gasteiger partial charge on any atom is -0.387 e. The lowest BCUT2D eigenvalue weighted by Crippen LogP contribution is -2.45. The Morgan fingerprint density at radius 1 is 1.92 bits per heavy atom. The maximum Gasteiger partial charge on any atom is 0.334 e. The zero-order valence-corrected chi connectivity index (χ0v) is 6.35. The maximum absolute atomic E-state index is 10.7. The van der Waals surface area contributed by atoms with Crippen LogP contribution in [0.1, 0.15) is 16.2 Å². The van der Waals surface area contributed by atoms with E-state index in [2.05, 4.69) is 14.6 Å². The lowest BCUT2D eigenvalue weighted by Gasteiger charge is -1.88. The van der Waals surface area contributed by atoms with Gasteiger partial charge >= 0.3 is 11.6 Å². The maximum atomic E-state index is 10.7. The van der Waals surface area contributed by atoms with Crippen LogP contribution in [0, 0.1) is 0 Å². The second-order valence-corrected chi connectivity index (χ2v) is 1.93. The Labute approximate surface area is 67.2 Å². The van der Waals surface area contributed by atoms with Crippen LogP contribution in [0.5, 0.6) is 0 Å². The smallest absolute Gasteiger partial charge is 0.334 e. The van der Waals surface area contributed by atoms with Gasteiger partial charge in [0.2, 0.25) is 0 Å². The molecule has 1 heterocycles. The van der Waals surface area contributed by atoms with Gasteiger partial charge in [0, 0.05) is 0 Å². The average Bonchev–Trinajstić information content (AvgIpc) is 2.46.